The van der Waals surface area contributed by atoms with Crippen LogP contribution in [-0.2, 0) is 0 Å². The zero-order chi connectivity index (χ0) is 18.5. The number of hydrogen-bond donors (Lipinski definition) is 0. The molecule has 0 bridgehead atoms. The fourth-order valence-electron chi connectivity index (χ4n) is 4.19. The van der Waals surface area contributed by atoms with Gasteiger partial charge in [-0.3, -0.25) is 12.7 Å². The average Bonchev–Trinajstić information content (AvgIpc) is 2.73. The molecule has 0 atom stereocenters. The van der Waals surface area contributed by atoms with Crippen molar-refractivity contribution in [2.75, 3.05) is 7.05 Å². The van der Waals surface area contributed by atoms with E-state index in [2.05, 4.69) is 22.9 Å². The maximum absolute atomic E-state index is 12.7. The van der Waals surface area contributed by atoms with E-state index in [1.807, 2.05) is 15.1 Å². The van der Waals surface area contributed by atoms with Crippen LogP contribution in [0, 0.1) is 0 Å². The van der Waals surface area contributed by atoms with Gasteiger partial charge in [0.25, 0.3) is 11.8 Å². The lowest BCUT2D eigenvalue weighted by molar-refractivity contribution is 0.0695. The van der Waals surface area contributed by atoms with Crippen LogP contribution in [0.4, 0.5) is 0 Å². The Kier molecular flexibility index (Phi) is 6.95. The van der Waals surface area contributed by atoms with E-state index in [0.29, 0.717) is 23.2 Å². The first kappa shape index (κ1) is 19.6. The topological polar surface area (TPSA) is 40.6 Å². The van der Waals surface area contributed by atoms with E-state index in [-0.39, 0.29) is 11.8 Å². The van der Waals surface area contributed by atoms with Gasteiger partial charge in [-0.1, -0.05) is 38.5 Å². The highest BCUT2D eigenvalue weighted by Gasteiger charge is 2.26. The normalized spacial score (nSPS) is 19.2. The summed E-state index contributed by atoms with van der Waals surface area (Å²) in [6, 6.07) is 7.92. The molecule has 2 aliphatic carbocycles. The van der Waals surface area contributed by atoms with Crippen molar-refractivity contribution in [1.82, 2.24) is 8.01 Å². The summed E-state index contributed by atoms with van der Waals surface area (Å²) in [5.41, 5.74) is 1.34. The van der Waals surface area contributed by atoms with E-state index < -0.39 is 0 Å². The van der Waals surface area contributed by atoms with Gasteiger partial charge < -0.3 is 4.90 Å². The van der Waals surface area contributed by atoms with Crippen LogP contribution in [0.25, 0.3) is 0 Å². The highest BCUT2D eigenvalue weighted by Crippen LogP contribution is 2.27. The molecule has 1 aromatic carbocycles. The van der Waals surface area contributed by atoms with Crippen molar-refractivity contribution in [3.63, 3.8) is 0 Å². The number of carbonyl (C=O) groups excluding carboxylic acids is 2. The number of hydrogen-bond acceptors (Lipinski definition) is 2. The standard InChI is InChI=1S/C21H29IN2O2/c1-23(18-8-4-2-5-9-18)20(25)16-12-14-17(15-13-16)21(26)24(22)19-10-6-3-7-11-19/h12-15,18-19H,2-11H2,1H3. The molecule has 142 valence electrons. The van der Waals surface area contributed by atoms with Crippen molar-refractivity contribution in [2.45, 2.75) is 76.3 Å². The van der Waals surface area contributed by atoms with Crippen LogP contribution < -0.4 is 0 Å². The third-order valence-electron chi connectivity index (χ3n) is 5.91. The monoisotopic (exact) mass is 468 g/mol. The van der Waals surface area contributed by atoms with Gasteiger partial charge in [-0.2, -0.15) is 0 Å². The third-order valence-corrected chi connectivity index (χ3v) is 7.14. The summed E-state index contributed by atoms with van der Waals surface area (Å²) in [5.74, 6) is 0.117. The van der Waals surface area contributed by atoms with Gasteiger partial charge in [0.1, 0.15) is 0 Å². The van der Waals surface area contributed by atoms with E-state index in [0.717, 1.165) is 25.7 Å². The molecular weight excluding hydrogens is 439 g/mol. The average molecular weight is 468 g/mol. The fourth-order valence-corrected chi connectivity index (χ4v) is 5.03. The second kappa shape index (κ2) is 9.20. The Morgan fingerprint density at radius 2 is 1.19 bits per heavy atom. The molecule has 2 saturated carbocycles. The van der Waals surface area contributed by atoms with Crippen molar-refractivity contribution in [1.29, 1.82) is 0 Å². The minimum atomic E-state index is 0.0529. The zero-order valence-corrected chi connectivity index (χ0v) is 17.8. The van der Waals surface area contributed by atoms with Gasteiger partial charge in [0.05, 0.1) is 22.9 Å². The molecule has 3 rings (SSSR count). The van der Waals surface area contributed by atoms with E-state index in [1.165, 1.54) is 38.5 Å². The molecule has 1 aromatic rings. The van der Waals surface area contributed by atoms with Gasteiger partial charge >= 0.3 is 0 Å². The lowest BCUT2D eigenvalue weighted by atomic mass is 9.94. The van der Waals surface area contributed by atoms with Crippen LogP contribution in [0.3, 0.4) is 0 Å². The molecule has 0 aliphatic heterocycles. The lowest BCUT2D eigenvalue weighted by Crippen LogP contribution is -2.38. The first-order valence-corrected chi connectivity index (χ1v) is 10.9. The van der Waals surface area contributed by atoms with Crippen LogP contribution in [0.5, 0.6) is 0 Å². The van der Waals surface area contributed by atoms with Crippen molar-refractivity contribution in [3.8, 4) is 0 Å². The number of amides is 2. The summed E-state index contributed by atoms with van der Waals surface area (Å²) in [6.07, 6.45) is 11.8. The molecule has 2 amide bonds. The van der Waals surface area contributed by atoms with E-state index in [1.54, 1.807) is 24.3 Å². The molecule has 2 aliphatic rings. The number of rotatable bonds is 4. The summed E-state index contributed by atoms with van der Waals surface area (Å²) < 4.78 is 1.86. The van der Waals surface area contributed by atoms with Gasteiger partial charge in [0.15, 0.2) is 0 Å². The number of nitrogens with zero attached hydrogens (tertiary/aromatic N) is 2. The molecule has 0 N–H and O–H groups in total. The van der Waals surface area contributed by atoms with E-state index in [9.17, 15) is 9.59 Å². The first-order chi connectivity index (χ1) is 12.6. The molecule has 4 nitrogen and oxygen atoms in total. The third kappa shape index (κ3) is 4.59. The smallest absolute Gasteiger partial charge is 0.262 e. The zero-order valence-electron chi connectivity index (χ0n) is 15.6. The Morgan fingerprint density at radius 3 is 1.69 bits per heavy atom. The van der Waals surface area contributed by atoms with Crippen LogP contribution in [-0.4, -0.2) is 39.0 Å². The van der Waals surface area contributed by atoms with Crippen molar-refractivity contribution in [3.05, 3.63) is 35.4 Å². The molecular formula is C21H29IN2O2. The predicted molar refractivity (Wildman–Crippen MR) is 112 cm³/mol. The maximum Gasteiger partial charge on any atom is 0.262 e. The molecule has 0 unspecified atom stereocenters. The fraction of sp³-hybridized carbons (Fsp3) is 0.619. The molecule has 0 aromatic heterocycles. The summed E-state index contributed by atoms with van der Waals surface area (Å²) in [4.78, 5) is 27.4. The van der Waals surface area contributed by atoms with Crippen LogP contribution in [0.1, 0.15) is 84.9 Å². The summed E-state index contributed by atoms with van der Waals surface area (Å²) in [5, 5.41) is 0. The van der Waals surface area contributed by atoms with Crippen molar-refractivity contribution < 1.29 is 9.59 Å². The van der Waals surface area contributed by atoms with Crippen LogP contribution >= 0.6 is 22.9 Å². The summed E-state index contributed by atoms with van der Waals surface area (Å²) in [6.45, 7) is 0. The van der Waals surface area contributed by atoms with Gasteiger partial charge in [-0.15, -0.1) is 0 Å². The maximum atomic E-state index is 12.7. The summed E-state index contributed by atoms with van der Waals surface area (Å²) >= 11 is 2.16. The lowest BCUT2D eigenvalue weighted by Gasteiger charge is -2.31. The van der Waals surface area contributed by atoms with Crippen LogP contribution in [0.2, 0.25) is 0 Å². The highest BCUT2D eigenvalue weighted by molar-refractivity contribution is 14.1. The number of carbonyl (C=O) groups is 2. The van der Waals surface area contributed by atoms with Gasteiger partial charge in [-0.25, -0.2) is 0 Å². The minimum Gasteiger partial charge on any atom is -0.339 e. The van der Waals surface area contributed by atoms with Crippen LogP contribution in [0.15, 0.2) is 24.3 Å². The van der Waals surface area contributed by atoms with Crippen molar-refractivity contribution in [2.24, 2.45) is 0 Å². The highest BCUT2D eigenvalue weighted by atomic mass is 127. The quantitative estimate of drug-likeness (QED) is 0.449. The van der Waals surface area contributed by atoms with E-state index in [4.69, 9.17) is 0 Å². The second-order valence-electron chi connectivity index (χ2n) is 7.69. The number of benzene rings is 1. The van der Waals surface area contributed by atoms with Gasteiger partial charge in [-0.05, 0) is 49.9 Å². The van der Waals surface area contributed by atoms with Gasteiger partial charge in [0, 0.05) is 30.3 Å². The van der Waals surface area contributed by atoms with Crippen molar-refractivity contribution >= 4 is 34.7 Å². The summed E-state index contributed by atoms with van der Waals surface area (Å²) in [7, 11) is 1.91. The predicted octanol–water partition coefficient (Wildman–Crippen LogP) is 5.22. The molecule has 0 spiro atoms. The number of halogens is 1. The largest absolute Gasteiger partial charge is 0.339 e. The van der Waals surface area contributed by atoms with E-state index >= 15 is 0 Å². The van der Waals surface area contributed by atoms with Gasteiger partial charge in [0.2, 0.25) is 0 Å². The molecule has 5 heteroatoms. The Balaban J connectivity index is 1.63. The molecule has 26 heavy (non-hydrogen) atoms. The molecule has 0 heterocycles. The Labute approximate surface area is 170 Å². The second-order valence-corrected chi connectivity index (χ2v) is 8.73. The molecule has 2 fully saturated rings. The Bertz CT molecular complexity index is 564. The SMILES string of the molecule is CN(C(=O)c1ccc(C(=O)N(I)C2CCCCC2)cc1)C1CCCCC1. The first-order valence-electron chi connectivity index (χ1n) is 9.94. The Morgan fingerprint density at radius 1 is 0.769 bits per heavy atom. The minimum absolute atomic E-state index is 0.0529. The molecule has 0 saturated heterocycles. The Hall–Kier alpha value is -1.11. The molecule has 0 radical (unpaired) electrons.